The summed E-state index contributed by atoms with van der Waals surface area (Å²) in [5.41, 5.74) is -0.0480. The Morgan fingerprint density at radius 1 is 1.48 bits per heavy atom. The maximum atomic E-state index is 14.2. The first-order valence-electron chi connectivity index (χ1n) is 6.31. The Balaban J connectivity index is 3.21. The van der Waals surface area contributed by atoms with Gasteiger partial charge < -0.3 is 5.11 Å². The lowest BCUT2D eigenvalue weighted by atomic mass is 10.2. The van der Waals surface area contributed by atoms with Crippen LogP contribution in [0, 0.1) is 5.82 Å². The summed E-state index contributed by atoms with van der Waals surface area (Å²) in [6.07, 6.45) is 2.63. The molecule has 0 aromatic heterocycles. The van der Waals surface area contributed by atoms with Gasteiger partial charge in [0, 0.05) is 23.1 Å². The van der Waals surface area contributed by atoms with E-state index in [2.05, 4.69) is 15.9 Å². The smallest absolute Gasteiger partial charge is 0.246 e. The summed E-state index contributed by atoms with van der Waals surface area (Å²) < 4.78 is 40.9. The molecule has 1 atom stereocenters. The largest absolute Gasteiger partial charge is 0.392 e. The Hall–Kier alpha value is -0.150. The molecule has 0 bridgehead atoms. The summed E-state index contributed by atoms with van der Waals surface area (Å²) in [5, 5.41) is 9.12. The van der Waals surface area contributed by atoms with Crippen molar-refractivity contribution in [3.05, 3.63) is 28.0 Å². The highest BCUT2D eigenvalue weighted by molar-refractivity contribution is 9.10. The lowest BCUT2D eigenvalue weighted by Crippen LogP contribution is -2.36. The minimum Gasteiger partial charge on any atom is -0.392 e. The zero-order valence-corrected chi connectivity index (χ0v) is 15.4. The Labute approximate surface area is 137 Å². The fourth-order valence-electron chi connectivity index (χ4n) is 1.78. The summed E-state index contributed by atoms with van der Waals surface area (Å²) >= 11 is 4.77. The van der Waals surface area contributed by atoms with Crippen LogP contribution < -0.4 is 0 Å². The molecular weight excluding hydrogens is 381 g/mol. The number of aliphatic hydroxyl groups is 1. The van der Waals surface area contributed by atoms with Crippen molar-refractivity contribution in [1.29, 1.82) is 0 Å². The van der Waals surface area contributed by atoms with Gasteiger partial charge in [-0.3, -0.25) is 0 Å². The predicted octanol–water partition coefficient (Wildman–Crippen LogP) is 2.84. The number of sulfonamides is 1. The van der Waals surface area contributed by atoms with Crippen LogP contribution in [0.15, 0.2) is 21.5 Å². The highest BCUT2D eigenvalue weighted by atomic mass is 79.9. The third-order valence-corrected chi connectivity index (χ3v) is 6.34. The maximum Gasteiger partial charge on any atom is 0.246 e. The molecule has 1 aromatic carbocycles. The fraction of sp³-hybridized carbons (Fsp3) is 0.538. The molecule has 1 rings (SSSR count). The normalized spacial score (nSPS) is 13.7. The first-order chi connectivity index (χ1) is 9.75. The van der Waals surface area contributed by atoms with E-state index in [0.717, 1.165) is 5.75 Å². The molecule has 0 spiro atoms. The van der Waals surface area contributed by atoms with Gasteiger partial charge in [-0.1, -0.05) is 15.9 Å². The molecule has 1 unspecified atom stereocenters. The average Bonchev–Trinajstić information content (AvgIpc) is 2.45. The van der Waals surface area contributed by atoms with E-state index in [0.29, 0.717) is 10.9 Å². The van der Waals surface area contributed by atoms with Crippen LogP contribution in [-0.4, -0.2) is 42.9 Å². The number of aliphatic hydroxyl groups excluding tert-OH is 1. The molecular formula is C13H19BrFNO3S2. The summed E-state index contributed by atoms with van der Waals surface area (Å²) in [6.45, 7) is 1.23. The lowest BCUT2D eigenvalue weighted by Gasteiger charge is -2.24. The van der Waals surface area contributed by atoms with E-state index in [-0.39, 0.29) is 11.6 Å². The van der Waals surface area contributed by atoms with Crippen LogP contribution in [0.2, 0.25) is 0 Å². The van der Waals surface area contributed by atoms with Crippen LogP contribution in [0.4, 0.5) is 4.39 Å². The highest BCUT2D eigenvalue weighted by Crippen LogP contribution is 2.27. The minimum absolute atomic E-state index is 0.0480. The van der Waals surface area contributed by atoms with E-state index >= 15 is 0 Å². The zero-order chi connectivity index (χ0) is 16.2. The van der Waals surface area contributed by atoms with Crippen molar-refractivity contribution < 1.29 is 17.9 Å². The maximum absolute atomic E-state index is 14.2. The number of halogens is 2. The van der Waals surface area contributed by atoms with Gasteiger partial charge in [0.2, 0.25) is 10.0 Å². The molecule has 1 N–H and O–H groups in total. The molecule has 8 heteroatoms. The highest BCUT2D eigenvalue weighted by Gasteiger charge is 2.29. The van der Waals surface area contributed by atoms with E-state index < -0.39 is 27.3 Å². The van der Waals surface area contributed by atoms with Gasteiger partial charge in [-0.05, 0) is 37.5 Å². The third kappa shape index (κ3) is 4.41. The molecule has 0 saturated heterocycles. The number of hydrogen-bond acceptors (Lipinski definition) is 4. The van der Waals surface area contributed by atoms with Crippen LogP contribution in [-0.2, 0) is 16.6 Å². The number of rotatable bonds is 7. The van der Waals surface area contributed by atoms with Crippen molar-refractivity contribution in [3.8, 4) is 0 Å². The molecule has 0 radical (unpaired) electrons. The van der Waals surface area contributed by atoms with Crippen LogP contribution in [0.5, 0.6) is 0 Å². The second-order valence-electron chi connectivity index (χ2n) is 4.69. The van der Waals surface area contributed by atoms with Gasteiger partial charge in [0.15, 0.2) is 0 Å². The van der Waals surface area contributed by atoms with Gasteiger partial charge in [-0.15, -0.1) is 0 Å². The topological polar surface area (TPSA) is 57.6 Å². The fourth-order valence-corrected chi connectivity index (χ4v) is 4.54. The second-order valence-corrected chi connectivity index (χ2v) is 8.55. The number of nitrogens with zero attached hydrogens (tertiary/aromatic N) is 1. The van der Waals surface area contributed by atoms with Gasteiger partial charge in [0.05, 0.1) is 6.61 Å². The summed E-state index contributed by atoms with van der Waals surface area (Å²) in [4.78, 5) is -0.417. The predicted molar refractivity (Wildman–Crippen MR) is 87.4 cm³/mol. The molecule has 120 valence electrons. The lowest BCUT2D eigenvalue weighted by molar-refractivity contribution is 0.274. The van der Waals surface area contributed by atoms with Crippen molar-refractivity contribution in [2.45, 2.75) is 30.9 Å². The van der Waals surface area contributed by atoms with Crippen molar-refractivity contribution in [1.82, 2.24) is 4.31 Å². The molecule has 0 aliphatic rings. The Morgan fingerprint density at radius 2 is 2.10 bits per heavy atom. The SMILES string of the molecule is CSCCC(C)N(C)S(=O)(=O)c1cc(Br)cc(CO)c1F. The first-order valence-corrected chi connectivity index (χ1v) is 9.94. The van der Waals surface area contributed by atoms with Crippen LogP contribution >= 0.6 is 27.7 Å². The van der Waals surface area contributed by atoms with E-state index in [9.17, 15) is 12.8 Å². The summed E-state index contributed by atoms with van der Waals surface area (Å²) in [5.74, 6) is -0.0752. The molecule has 0 amide bonds. The average molecular weight is 400 g/mol. The number of benzene rings is 1. The van der Waals surface area contributed by atoms with Gasteiger partial charge >= 0.3 is 0 Å². The van der Waals surface area contributed by atoms with Gasteiger partial charge in [0.1, 0.15) is 10.7 Å². The zero-order valence-electron chi connectivity index (χ0n) is 12.1. The monoisotopic (exact) mass is 399 g/mol. The van der Waals surface area contributed by atoms with E-state index in [1.807, 2.05) is 6.26 Å². The van der Waals surface area contributed by atoms with Crippen molar-refractivity contribution >= 4 is 37.7 Å². The summed E-state index contributed by atoms with van der Waals surface area (Å²) in [7, 11) is -2.50. The Kier molecular flexibility index (Phi) is 7.12. The quantitative estimate of drug-likeness (QED) is 0.765. The van der Waals surface area contributed by atoms with Crippen molar-refractivity contribution in [2.24, 2.45) is 0 Å². The molecule has 0 saturated carbocycles. The molecule has 0 fully saturated rings. The Bertz CT molecular complexity index is 595. The van der Waals surface area contributed by atoms with E-state index in [1.165, 1.54) is 23.5 Å². The molecule has 21 heavy (non-hydrogen) atoms. The van der Waals surface area contributed by atoms with Crippen LogP contribution in [0.25, 0.3) is 0 Å². The van der Waals surface area contributed by atoms with Gasteiger partial charge in [-0.25, -0.2) is 12.8 Å². The molecule has 0 aliphatic heterocycles. The molecule has 1 aromatic rings. The van der Waals surface area contributed by atoms with Crippen LogP contribution in [0.1, 0.15) is 18.9 Å². The second kappa shape index (κ2) is 7.92. The molecule has 4 nitrogen and oxygen atoms in total. The van der Waals surface area contributed by atoms with Crippen molar-refractivity contribution in [2.75, 3.05) is 19.1 Å². The Morgan fingerprint density at radius 3 is 2.62 bits per heavy atom. The minimum atomic E-state index is -3.95. The molecule has 0 heterocycles. The van der Waals surface area contributed by atoms with E-state index in [1.54, 1.807) is 18.7 Å². The first kappa shape index (κ1) is 18.9. The third-order valence-electron chi connectivity index (χ3n) is 3.27. The van der Waals surface area contributed by atoms with Gasteiger partial charge in [0.25, 0.3) is 0 Å². The van der Waals surface area contributed by atoms with Gasteiger partial charge in [-0.2, -0.15) is 16.1 Å². The van der Waals surface area contributed by atoms with Crippen molar-refractivity contribution in [3.63, 3.8) is 0 Å². The number of hydrogen-bond donors (Lipinski definition) is 1. The molecule has 0 aliphatic carbocycles. The van der Waals surface area contributed by atoms with Crippen LogP contribution in [0.3, 0.4) is 0 Å². The standard InChI is InChI=1S/C13H19BrFNO3S2/c1-9(4-5-20-3)16(2)21(18,19)12-7-11(14)6-10(8-17)13(12)15/h6-7,9,17H,4-5,8H2,1-3H3. The number of thioether (sulfide) groups is 1. The van der Waals surface area contributed by atoms with E-state index in [4.69, 9.17) is 5.11 Å². The summed E-state index contributed by atoms with van der Waals surface area (Å²) in [6, 6.07) is 2.35.